The molecule has 0 unspecified atom stereocenters. The first-order chi connectivity index (χ1) is 7.42. The molecule has 0 aromatic rings. The molecule has 0 aromatic carbocycles. The van der Waals surface area contributed by atoms with Crippen LogP contribution in [0.5, 0.6) is 0 Å². The predicted molar refractivity (Wildman–Crippen MR) is 61.3 cm³/mol. The van der Waals surface area contributed by atoms with Crippen molar-refractivity contribution >= 4 is 23.7 Å². The summed E-state index contributed by atoms with van der Waals surface area (Å²) >= 11 is 1.44. The average molecular weight is 247 g/mol. The molecule has 1 saturated heterocycles. The van der Waals surface area contributed by atoms with Gasteiger partial charge in [-0.05, 0) is 13.8 Å². The van der Waals surface area contributed by atoms with Crippen molar-refractivity contribution in [2.45, 2.75) is 29.9 Å². The van der Waals surface area contributed by atoms with Gasteiger partial charge in [0, 0.05) is 11.3 Å². The predicted octanol–water partition coefficient (Wildman–Crippen LogP) is 0.185. The van der Waals surface area contributed by atoms with Gasteiger partial charge in [-0.25, -0.2) is 0 Å². The Bertz CT molecular complexity index is 293. The van der Waals surface area contributed by atoms with Crippen LogP contribution in [0, 0.1) is 0 Å². The highest BCUT2D eigenvalue weighted by atomic mass is 32.2. The van der Waals surface area contributed by atoms with Gasteiger partial charge in [0.15, 0.2) is 0 Å². The van der Waals surface area contributed by atoms with Crippen LogP contribution < -0.4 is 5.32 Å². The molecule has 0 amide bonds. The van der Waals surface area contributed by atoms with E-state index in [9.17, 15) is 9.59 Å². The molecule has 2 atom stereocenters. The van der Waals surface area contributed by atoms with Crippen molar-refractivity contribution in [1.82, 2.24) is 5.32 Å². The number of esters is 2. The molecule has 0 aliphatic carbocycles. The smallest absolute Gasteiger partial charge is 0.324 e. The second-order valence-corrected chi connectivity index (χ2v) is 5.95. The van der Waals surface area contributed by atoms with Gasteiger partial charge in [0.1, 0.15) is 11.3 Å². The Morgan fingerprint density at radius 1 is 1.25 bits per heavy atom. The molecule has 1 fully saturated rings. The molecular weight excluding hydrogens is 230 g/mol. The summed E-state index contributed by atoms with van der Waals surface area (Å²) in [6.45, 7) is 4.23. The van der Waals surface area contributed by atoms with Crippen molar-refractivity contribution in [3.05, 3.63) is 0 Å². The zero-order valence-electron chi connectivity index (χ0n) is 9.90. The van der Waals surface area contributed by atoms with Gasteiger partial charge < -0.3 is 14.8 Å². The normalized spacial score (nSPS) is 28.2. The van der Waals surface area contributed by atoms with Crippen molar-refractivity contribution in [2.75, 3.05) is 20.8 Å². The van der Waals surface area contributed by atoms with Gasteiger partial charge in [0.25, 0.3) is 0 Å². The van der Waals surface area contributed by atoms with Crippen molar-refractivity contribution in [3.8, 4) is 0 Å². The van der Waals surface area contributed by atoms with Crippen molar-refractivity contribution in [3.63, 3.8) is 0 Å². The standard InChI is InChI=1S/C10H17NO4S/c1-10(2)7(9(13)15-4)11-5-6(16-10)8(12)14-3/h6-7,11H,5H2,1-4H3/t6-,7+/m1/s1. The summed E-state index contributed by atoms with van der Waals surface area (Å²) in [4.78, 5) is 22.9. The van der Waals surface area contributed by atoms with Crippen LogP contribution in [0.4, 0.5) is 0 Å². The highest BCUT2D eigenvalue weighted by Crippen LogP contribution is 2.36. The van der Waals surface area contributed by atoms with Crippen molar-refractivity contribution in [1.29, 1.82) is 0 Å². The van der Waals surface area contributed by atoms with E-state index >= 15 is 0 Å². The number of hydrogen-bond donors (Lipinski definition) is 1. The first-order valence-corrected chi connectivity index (χ1v) is 5.87. The minimum Gasteiger partial charge on any atom is -0.468 e. The number of rotatable bonds is 2. The van der Waals surface area contributed by atoms with Crippen LogP contribution in [0.25, 0.3) is 0 Å². The number of thioether (sulfide) groups is 1. The van der Waals surface area contributed by atoms with E-state index in [-0.39, 0.29) is 17.2 Å². The van der Waals surface area contributed by atoms with E-state index in [4.69, 9.17) is 4.74 Å². The van der Waals surface area contributed by atoms with Crippen molar-refractivity contribution in [2.24, 2.45) is 0 Å². The molecule has 0 saturated carbocycles. The lowest BCUT2D eigenvalue weighted by Gasteiger charge is -2.39. The Morgan fingerprint density at radius 2 is 1.81 bits per heavy atom. The fraction of sp³-hybridized carbons (Fsp3) is 0.800. The summed E-state index contributed by atoms with van der Waals surface area (Å²) in [5.41, 5.74) is 0. The van der Waals surface area contributed by atoms with Crippen LogP contribution in [-0.4, -0.2) is 48.7 Å². The molecule has 5 nitrogen and oxygen atoms in total. The molecule has 1 aliphatic heterocycles. The number of hydrogen-bond acceptors (Lipinski definition) is 6. The van der Waals surface area contributed by atoms with E-state index < -0.39 is 10.8 Å². The zero-order chi connectivity index (χ0) is 12.3. The van der Waals surface area contributed by atoms with E-state index in [2.05, 4.69) is 10.1 Å². The minimum atomic E-state index is -0.400. The lowest BCUT2D eigenvalue weighted by atomic mass is 10.0. The lowest BCUT2D eigenvalue weighted by molar-refractivity contribution is -0.145. The molecule has 1 heterocycles. The molecule has 0 bridgehead atoms. The fourth-order valence-electron chi connectivity index (χ4n) is 1.69. The van der Waals surface area contributed by atoms with Crippen LogP contribution in [0.15, 0.2) is 0 Å². The lowest BCUT2D eigenvalue weighted by Crippen LogP contribution is -2.58. The third-order valence-electron chi connectivity index (χ3n) is 2.55. The molecule has 6 heteroatoms. The summed E-state index contributed by atoms with van der Waals surface area (Å²) < 4.78 is 9.01. The van der Waals surface area contributed by atoms with Gasteiger partial charge in [-0.1, -0.05) is 0 Å². The highest BCUT2D eigenvalue weighted by Gasteiger charge is 2.44. The molecule has 92 valence electrons. The molecule has 0 radical (unpaired) electrons. The Kier molecular flexibility index (Phi) is 4.21. The molecule has 1 rings (SSSR count). The first kappa shape index (κ1) is 13.3. The van der Waals surface area contributed by atoms with Gasteiger partial charge in [-0.2, -0.15) is 0 Å². The van der Waals surface area contributed by atoms with Crippen LogP contribution in [0.1, 0.15) is 13.8 Å². The zero-order valence-corrected chi connectivity index (χ0v) is 10.7. The number of carbonyl (C=O) groups excluding carboxylic acids is 2. The maximum atomic E-state index is 11.5. The summed E-state index contributed by atoms with van der Waals surface area (Å²) in [5, 5.41) is 2.75. The number of ether oxygens (including phenoxy) is 2. The van der Waals surface area contributed by atoms with Crippen LogP contribution in [0.3, 0.4) is 0 Å². The average Bonchev–Trinajstić information content (AvgIpc) is 2.25. The van der Waals surface area contributed by atoms with E-state index in [0.717, 1.165) is 0 Å². The maximum Gasteiger partial charge on any atom is 0.324 e. The van der Waals surface area contributed by atoms with Crippen molar-refractivity contribution < 1.29 is 19.1 Å². The second kappa shape index (κ2) is 5.05. The van der Waals surface area contributed by atoms with Gasteiger partial charge in [0.2, 0.25) is 0 Å². The van der Waals surface area contributed by atoms with Crippen LogP contribution >= 0.6 is 11.8 Å². The third kappa shape index (κ3) is 2.68. The molecule has 16 heavy (non-hydrogen) atoms. The Hall–Kier alpha value is -0.750. The largest absolute Gasteiger partial charge is 0.468 e. The molecule has 1 aliphatic rings. The molecular formula is C10H17NO4S. The van der Waals surface area contributed by atoms with Crippen LogP contribution in [-0.2, 0) is 19.1 Å². The minimum absolute atomic E-state index is 0.270. The molecule has 0 spiro atoms. The second-order valence-electron chi connectivity index (χ2n) is 4.10. The summed E-state index contributed by atoms with van der Waals surface area (Å²) in [6, 6.07) is -0.400. The van der Waals surface area contributed by atoms with E-state index in [1.165, 1.54) is 26.0 Å². The maximum absolute atomic E-state index is 11.5. The number of nitrogens with one attached hydrogen (secondary N) is 1. The first-order valence-electron chi connectivity index (χ1n) is 4.99. The SMILES string of the molecule is COC(=O)[C@H]1CN[C@@H](C(=O)OC)C(C)(C)S1. The van der Waals surface area contributed by atoms with E-state index in [1.807, 2.05) is 13.8 Å². The molecule has 1 N–H and O–H groups in total. The van der Waals surface area contributed by atoms with Gasteiger partial charge in [0.05, 0.1) is 14.2 Å². The van der Waals surface area contributed by atoms with E-state index in [1.54, 1.807) is 0 Å². The quantitative estimate of drug-likeness (QED) is 0.703. The topological polar surface area (TPSA) is 64.6 Å². The fourth-order valence-corrected chi connectivity index (χ4v) is 3.12. The van der Waals surface area contributed by atoms with Gasteiger partial charge >= 0.3 is 11.9 Å². The van der Waals surface area contributed by atoms with Gasteiger partial charge in [-0.3, -0.25) is 9.59 Å². The summed E-state index contributed by atoms with van der Waals surface area (Å²) in [7, 11) is 2.72. The van der Waals surface area contributed by atoms with Crippen LogP contribution in [0.2, 0.25) is 0 Å². The Labute approximate surface area is 99.2 Å². The van der Waals surface area contributed by atoms with Gasteiger partial charge in [-0.15, -0.1) is 11.8 Å². The Morgan fingerprint density at radius 3 is 2.25 bits per heavy atom. The van der Waals surface area contributed by atoms with E-state index in [0.29, 0.717) is 6.54 Å². The summed E-state index contributed by atoms with van der Waals surface area (Å²) in [5.74, 6) is -0.574. The Balaban J connectivity index is 2.72. The monoisotopic (exact) mass is 247 g/mol. The highest BCUT2D eigenvalue weighted by molar-refractivity contribution is 8.02. The third-order valence-corrected chi connectivity index (χ3v) is 4.04. The number of methoxy groups -OCH3 is 2. The number of carbonyl (C=O) groups is 2. The summed E-state index contributed by atoms with van der Waals surface area (Å²) in [6.07, 6.45) is 0. The molecule has 0 aromatic heterocycles.